The molecule has 2 rings (SSSR count). The molecule has 0 aliphatic carbocycles. The molecular weight excluding hydrogens is 330 g/mol. The standard InChI is InChI=1S/C21H23NO4/c1-14-6-5-7-19(15(14)2)22-21(24)16(3)26-20(23)13-10-17-8-11-18(25-4)12-9-17/h5-13,16H,1-4H3,(H,22,24)/b13-10+. The first-order chi connectivity index (χ1) is 12.4. The van der Waals surface area contributed by atoms with Crippen molar-refractivity contribution in [2.75, 3.05) is 12.4 Å². The lowest BCUT2D eigenvalue weighted by Gasteiger charge is -2.14. The van der Waals surface area contributed by atoms with Crippen LogP contribution < -0.4 is 10.1 Å². The number of hydrogen-bond acceptors (Lipinski definition) is 4. The summed E-state index contributed by atoms with van der Waals surface area (Å²) in [5.41, 5.74) is 3.61. The van der Waals surface area contributed by atoms with Gasteiger partial charge in [0.05, 0.1) is 7.11 Å². The van der Waals surface area contributed by atoms with Crippen molar-refractivity contribution in [3.8, 4) is 5.75 Å². The van der Waals surface area contributed by atoms with E-state index in [0.29, 0.717) is 5.69 Å². The van der Waals surface area contributed by atoms with Crippen molar-refractivity contribution in [3.63, 3.8) is 0 Å². The van der Waals surface area contributed by atoms with Crippen LogP contribution in [0, 0.1) is 13.8 Å². The van der Waals surface area contributed by atoms with Crippen molar-refractivity contribution in [2.24, 2.45) is 0 Å². The second-order valence-electron chi connectivity index (χ2n) is 5.92. The molecule has 136 valence electrons. The maximum atomic E-state index is 12.2. The van der Waals surface area contributed by atoms with E-state index in [1.165, 1.54) is 6.08 Å². The zero-order valence-corrected chi connectivity index (χ0v) is 15.4. The second-order valence-corrected chi connectivity index (χ2v) is 5.92. The van der Waals surface area contributed by atoms with Gasteiger partial charge in [0.2, 0.25) is 0 Å². The molecule has 0 saturated heterocycles. The number of amides is 1. The number of carbonyl (C=O) groups is 2. The van der Waals surface area contributed by atoms with Crippen molar-refractivity contribution in [2.45, 2.75) is 26.9 Å². The van der Waals surface area contributed by atoms with Crippen LogP contribution >= 0.6 is 0 Å². The summed E-state index contributed by atoms with van der Waals surface area (Å²) in [6.45, 7) is 5.44. The number of methoxy groups -OCH3 is 1. The Balaban J connectivity index is 1.91. The summed E-state index contributed by atoms with van der Waals surface area (Å²) in [4.78, 5) is 24.1. The second kappa shape index (κ2) is 8.85. The van der Waals surface area contributed by atoms with Crippen molar-refractivity contribution in [1.29, 1.82) is 0 Å². The van der Waals surface area contributed by atoms with E-state index in [2.05, 4.69) is 5.32 Å². The molecule has 0 heterocycles. The van der Waals surface area contributed by atoms with Gasteiger partial charge >= 0.3 is 5.97 Å². The number of rotatable bonds is 6. The average Bonchev–Trinajstić information content (AvgIpc) is 2.64. The molecule has 26 heavy (non-hydrogen) atoms. The number of hydrogen-bond donors (Lipinski definition) is 1. The minimum Gasteiger partial charge on any atom is -0.497 e. The summed E-state index contributed by atoms with van der Waals surface area (Å²) in [6.07, 6.45) is 2.02. The van der Waals surface area contributed by atoms with E-state index in [0.717, 1.165) is 22.4 Å². The highest BCUT2D eigenvalue weighted by Gasteiger charge is 2.17. The van der Waals surface area contributed by atoms with E-state index in [9.17, 15) is 9.59 Å². The molecule has 1 atom stereocenters. The zero-order valence-electron chi connectivity index (χ0n) is 15.4. The monoisotopic (exact) mass is 353 g/mol. The van der Waals surface area contributed by atoms with Crippen LogP contribution in [0.2, 0.25) is 0 Å². The van der Waals surface area contributed by atoms with Gasteiger partial charge in [0.1, 0.15) is 5.75 Å². The Morgan fingerprint density at radius 3 is 2.42 bits per heavy atom. The van der Waals surface area contributed by atoms with Crippen molar-refractivity contribution in [3.05, 3.63) is 65.2 Å². The van der Waals surface area contributed by atoms with Crippen LogP contribution in [-0.2, 0) is 14.3 Å². The van der Waals surface area contributed by atoms with Crippen LogP contribution in [-0.4, -0.2) is 25.1 Å². The Morgan fingerprint density at radius 1 is 1.08 bits per heavy atom. The van der Waals surface area contributed by atoms with Gasteiger partial charge in [0.25, 0.3) is 5.91 Å². The number of carbonyl (C=O) groups excluding carboxylic acids is 2. The number of nitrogens with one attached hydrogen (secondary N) is 1. The summed E-state index contributed by atoms with van der Waals surface area (Å²) in [5, 5.41) is 2.79. The van der Waals surface area contributed by atoms with Gasteiger partial charge in [-0.05, 0) is 61.7 Å². The van der Waals surface area contributed by atoms with E-state index in [1.54, 1.807) is 32.2 Å². The van der Waals surface area contributed by atoms with Gasteiger partial charge in [0, 0.05) is 11.8 Å². The SMILES string of the molecule is COc1ccc(/C=C/C(=O)OC(C)C(=O)Nc2cccc(C)c2C)cc1. The minimum atomic E-state index is -0.900. The molecular formula is C21H23NO4. The number of ether oxygens (including phenoxy) is 2. The van der Waals surface area contributed by atoms with Crippen LogP contribution in [0.5, 0.6) is 5.75 Å². The fourth-order valence-electron chi connectivity index (χ4n) is 2.27. The molecule has 0 fully saturated rings. The molecule has 1 N–H and O–H groups in total. The molecule has 5 nitrogen and oxygen atoms in total. The highest BCUT2D eigenvalue weighted by Crippen LogP contribution is 2.18. The lowest BCUT2D eigenvalue weighted by molar-refractivity contribution is -0.148. The van der Waals surface area contributed by atoms with Gasteiger partial charge in [0.15, 0.2) is 6.10 Å². The van der Waals surface area contributed by atoms with Gasteiger partial charge in [-0.2, -0.15) is 0 Å². The van der Waals surface area contributed by atoms with Crippen LogP contribution in [0.15, 0.2) is 48.5 Å². The lowest BCUT2D eigenvalue weighted by atomic mass is 10.1. The molecule has 0 aromatic heterocycles. The number of aryl methyl sites for hydroxylation is 1. The van der Waals surface area contributed by atoms with Gasteiger partial charge in [-0.15, -0.1) is 0 Å². The van der Waals surface area contributed by atoms with Crippen LogP contribution in [0.1, 0.15) is 23.6 Å². The van der Waals surface area contributed by atoms with Crippen molar-refractivity contribution < 1.29 is 19.1 Å². The third kappa shape index (κ3) is 5.21. The van der Waals surface area contributed by atoms with Crippen LogP contribution in [0.25, 0.3) is 6.08 Å². The number of esters is 1. The zero-order chi connectivity index (χ0) is 19.1. The molecule has 0 spiro atoms. The van der Waals surface area contributed by atoms with E-state index < -0.39 is 12.1 Å². The van der Waals surface area contributed by atoms with Gasteiger partial charge in [-0.25, -0.2) is 4.79 Å². The van der Waals surface area contributed by atoms with E-state index >= 15 is 0 Å². The molecule has 5 heteroatoms. The molecule has 2 aromatic rings. The van der Waals surface area contributed by atoms with E-state index in [-0.39, 0.29) is 5.91 Å². The molecule has 0 bridgehead atoms. The fourth-order valence-corrected chi connectivity index (χ4v) is 2.27. The number of benzene rings is 2. The van der Waals surface area contributed by atoms with Gasteiger partial charge in [-0.1, -0.05) is 24.3 Å². The third-order valence-corrected chi connectivity index (χ3v) is 4.05. The first kappa shape index (κ1) is 19.2. The van der Waals surface area contributed by atoms with Crippen LogP contribution in [0.4, 0.5) is 5.69 Å². The molecule has 0 saturated carbocycles. The highest BCUT2D eigenvalue weighted by atomic mass is 16.5. The van der Waals surface area contributed by atoms with Crippen molar-refractivity contribution >= 4 is 23.6 Å². The topological polar surface area (TPSA) is 64.6 Å². The lowest BCUT2D eigenvalue weighted by Crippen LogP contribution is -2.29. The van der Waals surface area contributed by atoms with E-state index in [4.69, 9.17) is 9.47 Å². The summed E-state index contributed by atoms with van der Waals surface area (Å²) >= 11 is 0. The predicted molar refractivity (Wildman–Crippen MR) is 102 cm³/mol. The van der Waals surface area contributed by atoms with E-state index in [1.807, 2.05) is 44.2 Å². The molecule has 2 aromatic carbocycles. The third-order valence-electron chi connectivity index (χ3n) is 4.05. The quantitative estimate of drug-likeness (QED) is 0.632. The molecule has 0 aliphatic heterocycles. The maximum absolute atomic E-state index is 12.2. The maximum Gasteiger partial charge on any atom is 0.331 e. The Bertz CT molecular complexity index is 809. The molecule has 1 unspecified atom stereocenters. The largest absolute Gasteiger partial charge is 0.497 e. The Hall–Kier alpha value is -3.08. The fraction of sp³-hybridized carbons (Fsp3) is 0.238. The van der Waals surface area contributed by atoms with Crippen LogP contribution in [0.3, 0.4) is 0 Å². The Morgan fingerprint density at radius 2 is 1.77 bits per heavy atom. The highest BCUT2D eigenvalue weighted by molar-refractivity contribution is 5.97. The Labute approximate surface area is 153 Å². The molecule has 0 aliphatic rings. The Kier molecular flexibility index (Phi) is 6.55. The van der Waals surface area contributed by atoms with Gasteiger partial charge < -0.3 is 14.8 Å². The number of anilines is 1. The normalized spacial score (nSPS) is 11.8. The summed E-state index contributed by atoms with van der Waals surface area (Å²) in [7, 11) is 1.59. The molecule has 0 radical (unpaired) electrons. The smallest absolute Gasteiger partial charge is 0.331 e. The summed E-state index contributed by atoms with van der Waals surface area (Å²) < 4.78 is 10.2. The first-order valence-electron chi connectivity index (χ1n) is 8.30. The average molecular weight is 353 g/mol. The summed E-state index contributed by atoms with van der Waals surface area (Å²) in [6, 6.07) is 12.9. The summed E-state index contributed by atoms with van der Waals surface area (Å²) in [5.74, 6) is -0.212. The first-order valence-corrected chi connectivity index (χ1v) is 8.30. The minimum absolute atomic E-state index is 0.370. The van der Waals surface area contributed by atoms with Crippen molar-refractivity contribution in [1.82, 2.24) is 0 Å². The predicted octanol–water partition coefficient (Wildman–Crippen LogP) is 3.90. The van der Waals surface area contributed by atoms with Gasteiger partial charge in [-0.3, -0.25) is 4.79 Å². The molecule has 1 amide bonds.